The smallest absolute Gasteiger partial charge is 0.340 e. The fraction of sp³-hybridized carbons (Fsp3) is 0.278. The third-order valence-corrected chi connectivity index (χ3v) is 3.55. The zero-order chi connectivity index (χ0) is 15.6. The highest BCUT2D eigenvalue weighted by atomic mass is 16.5. The van der Waals surface area contributed by atoms with Gasteiger partial charge in [0.15, 0.2) is 0 Å². The molecule has 0 radical (unpaired) electrons. The minimum Gasteiger partial charge on any atom is -0.462 e. The molecule has 0 fully saturated rings. The Bertz CT molecular complexity index is 667. The molecule has 0 aliphatic rings. The van der Waals surface area contributed by atoms with Gasteiger partial charge in [-0.1, -0.05) is 29.8 Å². The van der Waals surface area contributed by atoms with E-state index < -0.39 is 0 Å². The van der Waals surface area contributed by atoms with E-state index in [0.717, 1.165) is 22.3 Å². The minimum atomic E-state index is -0.376. The average Bonchev–Trinajstić information content (AvgIpc) is 2.39. The van der Waals surface area contributed by atoms with Gasteiger partial charge >= 0.3 is 5.97 Å². The van der Waals surface area contributed by atoms with Crippen molar-refractivity contribution in [2.24, 2.45) is 0 Å². The summed E-state index contributed by atoms with van der Waals surface area (Å²) in [5.74, 6) is -0.376. The Kier molecular flexibility index (Phi) is 4.32. The SMILES string of the molecule is CCOC(=O)c1cccc(-c2c(C)cc(C)cc2C)c1N. The number of ether oxygens (including phenoxy) is 1. The molecule has 3 nitrogen and oxygen atoms in total. The fourth-order valence-electron chi connectivity index (χ4n) is 2.77. The maximum atomic E-state index is 12.0. The molecule has 0 saturated heterocycles. The molecule has 0 atom stereocenters. The summed E-state index contributed by atoms with van der Waals surface area (Å²) < 4.78 is 5.06. The predicted molar refractivity (Wildman–Crippen MR) is 86.5 cm³/mol. The molecule has 2 N–H and O–H groups in total. The number of nitrogen functional groups attached to an aromatic ring is 1. The molecular formula is C18H21NO2. The van der Waals surface area contributed by atoms with Gasteiger partial charge in [0.25, 0.3) is 0 Å². The van der Waals surface area contributed by atoms with Crippen LogP contribution in [-0.4, -0.2) is 12.6 Å². The van der Waals surface area contributed by atoms with Gasteiger partial charge in [0.05, 0.1) is 17.9 Å². The van der Waals surface area contributed by atoms with Crippen LogP contribution in [0.4, 0.5) is 5.69 Å². The first-order valence-electron chi connectivity index (χ1n) is 7.09. The van der Waals surface area contributed by atoms with Crippen LogP contribution in [0.3, 0.4) is 0 Å². The Morgan fingerprint density at radius 3 is 2.33 bits per heavy atom. The number of aryl methyl sites for hydroxylation is 3. The number of carbonyl (C=O) groups is 1. The lowest BCUT2D eigenvalue weighted by molar-refractivity contribution is 0.0527. The second-order valence-electron chi connectivity index (χ2n) is 5.26. The second-order valence-corrected chi connectivity index (χ2v) is 5.26. The van der Waals surface area contributed by atoms with Crippen LogP contribution in [-0.2, 0) is 4.74 Å². The van der Waals surface area contributed by atoms with E-state index in [1.165, 1.54) is 5.56 Å². The summed E-state index contributed by atoms with van der Waals surface area (Å²) in [5, 5.41) is 0. The zero-order valence-electron chi connectivity index (χ0n) is 13.0. The molecule has 0 aliphatic carbocycles. The van der Waals surface area contributed by atoms with Gasteiger partial charge in [-0.2, -0.15) is 0 Å². The molecular weight excluding hydrogens is 262 g/mol. The molecule has 0 saturated carbocycles. The Labute approximate surface area is 125 Å². The number of hydrogen-bond acceptors (Lipinski definition) is 3. The van der Waals surface area contributed by atoms with Crippen molar-refractivity contribution in [3.8, 4) is 11.1 Å². The monoisotopic (exact) mass is 283 g/mol. The van der Waals surface area contributed by atoms with Crippen LogP contribution in [0, 0.1) is 20.8 Å². The van der Waals surface area contributed by atoms with Crippen molar-refractivity contribution in [1.29, 1.82) is 0 Å². The molecule has 3 heteroatoms. The number of esters is 1. The van der Waals surface area contributed by atoms with Gasteiger partial charge in [-0.15, -0.1) is 0 Å². The molecule has 0 heterocycles. The Balaban J connectivity index is 2.61. The molecule has 0 aromatic heterocycles. The number of anilines is 1. The maximum absolute atomic E-state index is 12.0. The summed E-state index contributed by atoms with van der Waals surface area (Å²) in [6, 6.07) is 9.74. The van der Waals surface area contributed by atoms with Crippen molar-refractivity contribution >= 4 is 11.7 Å². The Morgan fingerprint density at radius 1 is 1.14 bits per heavy atom. The van der Waals surface area contributed by atoms with E-state index in [1.54, 1.807) is 13.0 Å². The molecule has 0 unspecified atom stereocenters. The second kappa shape index (κ2) is 6.00. The molecule has 0 bridgehead atoms. The molecule has 0 aliphatic heterocycles. The Morgan fingerprint density at radius 2 is 1.76 bits per heavy atom. The summed E-state index contributed by atoms with van der Waals surface area (Å²) in [6.07, 6.45) is 0. The maximum Gasteiger partial charge on any atom is 0.340 e. The van der Waals surface area contributed by atoms with Crippen LogP contribution < -0.4 is 5.73 Å². The average molecular weight is 283 g/mol. The minimum absolute atomic E-state index is 0.338. The van der Waals surface area contributed by atoms with E-state index in [0.29, 0.717) is 17.9 Å². The molecule has 0 spiro atoms. The van der Waals surface area contributed by atoms with E-state index >= 15 is 0 Å². The highest BCUT2D eigenvalue weighted by molar-refractivity contribution is 6.00. The third-order valence-electron chi connectivity index (χ3n) is 3.55. The van der Waals surface area contributed by atoms with E-state index in [4.69, 9.17) is 10.5 Å². The summed E-state index contributed by atoms with van der Waals surface area (Å²) in [7, 11) is 0. The van der Waals surface area contributed by atoms with E-state index in [9.17, 15) is 4.79 Å². The van der Waals surface area contributed by atoms with E-state index in [2.05, 4.69) is 32.9 Å². The molecule has 110 valence electrons. The number of benzene rings is 2. The van der Waals surface area contributed by atoms with E-state index in [-0.39, 0.29) is 5.97 Å². The number of para-hydroxylation sites is 1. The van der Waals surface area contributed by atoms with Gasteiger partial charge in [0, 0.05) is 5.56 Å². The summed E-state index contributed by atoms with van der Waals surface area (Å²) in [5.41, 5.74) is 12.6. The van der Waals surface area contributed by atoms with Gasteiger partial charge in [-0.05, 0) is 50.5 Å². The van der Waals surface area contributed by atoms with Gasteiger partial charge in [0.2, 0.25) is 0 Å². The van der Waals surface area contributed by atoms with Crippen molar-refractivity contribution in [2.75, 3.05) is 12.3 Å². The molecule has 2 aromatic rings. The molecule has 2 rings (SSSR count). The van der Waals surface area contributed by atoms with Crippen molar-refractivity contribution < 1.29 is 9.53 Å². The highest BCUT2D eigenvalue weighted by Crippen LogP contribution is 2.34. The van der Waals surface area contributed by atoms with Crippen molar-refractivity contribution in [1.82, 2.24) is 0 Å². The summed E-state index contributed by atoms with van der Waals surface area (Å²) in [4.78, 5) is 12.0. The van der Waals surface area contributed by atoms with Gasteiger partial charge < -0.3 is 10.5 Å². The van der Waals surface area contributed by atoms with Gasteiger partial charge in [-0.25, -0.2) is 4.79 Å². The normalized spacial score (nSPS) is 10.5. The van der Waals surface area contributed by atoms with Crippen molar-refractivity contribution in [2.45, 2.75) is 27.7 Å². The molecule has 2 aromatic carbocycles. The Hall–Kier alpha value is -2.29. The number of carbonyl (C=O) groups excluding carboxylic acids is 1. The number of hydrogen-bond donors (Lipinski definition) is 1. The lowest BCUT2D eigenvalue weighted by atomic mass is 9.91. The van der Waals surface area contributed by atoms with Crippen molar-refractivity contribution in [3.63, 3.8) is 0 Å². The van der Waals surface area contributed by atoms with Gasteiger partial charge in [-0.3, -0.25) is 0 Å². The topological polar surface area (TPSA) is 52.3 Å². The lowest BCUT2D eigenvalue weighted by Gasteiger charge is -2.15. The van der Waals surface area contributed by atoms with E-state index in [1.807, 2.05) is 12.1 Å². The van der Waals surface area contributed by atoms with Crippen LogP contribution in [0.5, 0.6) is 0 Å². The van der Waals surface area contributed by atoms with Crippen LogP contribution in [0.1, 0.15) is 34.0 Å². The summed E-state index contributed by atoms with van der Waals surface area (Å²) >= 11 is 0. The van der Waals surface area contributed by atoms with Crippen LogP contribution in [0.25, 0.3) is 11.1 Å². The van der Waals surface area contributed by atoms with Crippen LogP contribution in [0.15, 0.2) is 30.3 Å². The van der Waals surface area contributed by atoms with Crippen LogP contribution in [0.2, 0.25) is 0 Å². The largest absolute Gasteiger partial charge is 0.462 e. The number of nitrogens with two attached hydrogens (primary N) is 1. The first kappa shape index (κ1) is 15.1. The quantitative estimate of drug-likeness (QED) is 0.683. The zero-order valence-corrected chi connectivity index (χ0v) is 13.0. The standard InChI is InChI=1S/C18H21NO2/c1-5-21-18(20)15-8-6-7-14(17(15)19)16-12(3)9-11(2)10-13(16)4/h6-10H,5,19H2,1-4H3. The highest BCUT2D eigenvalue weighted by Gasteiger charge is 2.16. The lowest BCUT2D eigenvalue weighted by Crippen LogP contribution is -2.09. The van der Waals surface area contributed by atoms with Gasteiger partial charge in [0.1, 0.15) is 0 Å². The molecule has 0 amide bonds. The van der Waals surface area contributed by atoms with Crippen LogP contribution >= 0.6 is 0 Å². The molecule has 21 heavy (non-hydrogen) atoms. The first-order chi connectivity index (χ1) is 9.95. The predicted octanol–water partition coefficient (Wildman–Crippen LogP) is 4.04. The van der Waals surface area contributed by atoms with Crippen molar-refractivity contribution in [3.05, 3.63) is 52.6 Å². The summed E-state index contributed by atoms with van der Waals surface area (Å²) in [6.45, 7) is 8.32. The first-order valence-corrected chi connectivity index (χ1v) is 7.09. The third kappa shape index (κ3) is 2.92. The number of rotatable bonds is 3. The fourth-order valence-corrected chi connectivity index (χ4v) is 2.77.